The maximum Gasteiger partial charge on any atom is 0.518 e. The predicted molar refractivity (Wildman–Crippen MR) is 44.0 cm³/mol. The van der Waals surface area contributed by atoms with E-state index in [0.29, 0.717) is 0 Å². The number of carbonyl (C=O) groups excluding carboxylic acids is 2. The van der Waals surface area contributed by atoms with E-state index in [1.807, 2.05) is 0 Å². The molecule has 0 heterocycles. The molecule has 0 N–H and O–H groups in total. The van der Waals surface area contributed by atoms with E-state index in [-0.39, 0.29) is 0 Å². The third-order valence-corrected chi connectivity index (χ3v) is 1.70. The second-order valence-corrected chi connectivity index (χ2v) is 3.30. The van der Waals surface area contributed by atoms with Gasteiger partial charge < -0.3 is 9.47 Å². The molecule has 12 heavy (non-hydrogen) atoms. The van der Waals surface area contributed by atoms with E-state index < -0.39 is 22.0 Å². The first-order valence-electron chi connectivity index (χ1n) is 2.43. The molecule has 0 aliphatic heterocycles. The third kappa shape index (κ3) is 5.71. The van der Waals surface area contributed by atoms with Crippen LogP contribution in [-0.2, 0) is 9.47 Å². The zero-order valence-electron chi connectivity index (χ0n) is 5.30. The van der Waals surface area contributed by atoms with Gasteiger partial charge in [0.1, 0.15) is 0 Å². The third-order valence-electron chi connectivity index (χ3n) is 0.570. The SMILES string of the molecule is O=C(Cl)OC(=O)OC(Cl)C(Cl)Cl. The Morgan fingerprint density at radius 3 is 2.00 bits per heavy atom. The lowest BCUT2D eigenvalue weighted by molar-refractivity contribution is 0.0758. The summed E-state index contributed by atoms with van der Waals surface area (Å²) in [4.78, 5) is 19.2. The fourth-order valence-corrected chi connectivity index (χ4v) is 0.472. The zero-order chi connectivity index (χ0) is 9.72. The van der Waals surface area contributed by atoms with Gasteiger partial charge in [0.15, 0.2) is 4.84 Å². The van der Waals surface area contributed by atoms with Gasteiger partial charge in [-0.25, -0.2) is 9.59 Å². The highest BCUT2D eigenvalue weighted by atomic mass is 35.5. The molecular formula is C4H2Cl4O4. The number of rotatable bonds is 2. The Hall–Kier alpha value is 0.1000. The molecule has 0 fully saturated rings. The standard InChI is InChI=1S/C4H2Cl4O4/c5-1(6)2(7)11-4(10)12-3(8)9/h1-2H. The molecule has 1 unspecified atom stereocenters. The van der Waals surface area contributed by atoms with Crippen molar-refractivity contribution in [2.75, 3.05) is 0 Å². The number of alkyl halides is 3. The summed E-state index contributed by atoms with van der Waals surface area (Å²) in [6.45, 7) is 0. The first kappa shape index (κ1) is 12.1. The molecule has 0 aliphatic rings. The van der Waals surface area contributed by atoms with Gasteiger partial charge in [0.05, 0.1) is 0 Å². The summed E-state index contributed by atoms with van der Waals surface area (Å²) in [5.41, 5.74) is -2.62. The summed E-state index contributed by atoms with van der Waals surface area (Å²) >= 11 is 20.3. The molecule has 8 heteroatoms. The molecule has 0 aromatic rings. The van der Waals surface area contributed by atoms with Crippen molar-refractivity contribution < 1.29 is 19.1 Å². The maximum atomic E-state index is 10.4. The molecule has 4 nitrogen and oxygen atoms in total. The maximum absolute atomic E-state index is 10.4. The highest BCUT2D eigenvalue weighted by molar-refractivity contribution is 6.61. The fourth-order valence-electron chi connectivity index (χ4n) is 0.233. The monoisotopic (exact) mass is 254 g/mol. The predicted octanol–water partition coefficient (Wildman–Crippen LogP) is 2.87. The Bertz CT molecular complexity index is 182. The average Bonchev–Trinajstić information content (AvgIpc) is 1.84. The Morgan fingerprint density at radius 2 is 1.67 bits per heavy atom. The normalized spacial score (nSPS) is 12.4. The van der Waals surface area contributed by atoms with Crippen molar-refractivity contribution in [2.45, 2.75) is 10.4 Å². The summed E-state index contributed by atoms with van der Waals surface area (Å²) in [5.74, 6) is 0. The minimum Gasteiger partial charge on any atom is -0.411 e. The Kier molecular flexibility index (Phi) is 5.74. The van der Waals surface area contributed by atoms with Crippen LogP contribution in [0.4, 0.5) is 9.59 Å². The van der Waals surface area contributed by atoms with E-state index >= 15 is 0 Å². The van der Waals surface area contributed by atoms with Crippen LogP contribution in [0.3, 0.4) is 0 Å². The first-order chi connectivity index (χ1) is 5.43. The summed E-state index contributed by atoms with van der Waals surface area (Å²) < 4.78 is 7.89. The van der Waals surface area contributed by atoms with Gasteiger partial charge in [-0.2, -0.15) is 0 Å². The van der Waals surface area contributed by atoms with Gasteiger partial charge in [-0.15, -0.1) is 0 Å². The van der Waals surface area contributed by atoms with Gasteiger partial charge in [0.25, 0.3) is 0 Å². The van der Waals surface area contributed by atoms with Crippen molar-refractivity contribution >= 4 is 58.0 Å². The summed E-state index contributed by atoms with van der Waals surface area (Å²) in [6.07, 6.45) is -1.36. The van der Waals surface area contributed by atoms with Crippen LogP contribution in [0.5, 0.6) is 0 Å². The molecule has 0 aromatic carbocycles. The van der Waals surface area contributed by atoms with Gasteiger partial charge in [-0.3, -0.25) is 0 Å². The fraction of sp³-hybridized carbons (Fsp3) is 0.500. The summed E-state index contributed by atoms with van der Waals surface area (Å²) in [7, 11) is 0. The minimum atomic E-state index is -1.36. The van der Waals surface area contributed by atoms with Crippen molar-refractivity contribution in [3.05, 3.63) is 0 Å². The molecule has 70 valence electrons. The first-order valence-corrected chi connectivity index (χ1v) is 4.12. The van der Waals surface area contributed by atoms with Crippen molar-refractivity contribution in [1.82, 2.24) is 0 Å². The van der Waals surface area contributed by atoms with E-state index in [9.17, 15) is 9.59 Å². The number of hydrogen-bond donors (Lipinski definition) is 0. The highest BCUT2D eigenvalue weighted by Gasteiger charge is 2.20. The second kappa shape index (κ2) is 5.70. The second-order valence-electron chi connectivity index (χ2n) is 1.39. The topological polar surface area (TPSA) is 52.6 Å². The van der Waals surface area contributed by atoms with Crippen LogP contribution in [0, 0.1) is 0 Å². The van der Waals surface area contributed by atoms with Gasteiger partial charge >= 0.3 is 11.6 Å². The van der Waals surface area contributed by atoms with Crippen molar-refractivity contribution in [3.8, 4) is 0 Å². The van der Waals surface area contributed by atoms with Crippen molar-refractivity contribution in [1.29, 1.82) is 0 Å². The van der Waals surface area contributed by atoms with Gasteiger partial charge in [0, 0.05) is 11.6 Å². The largest absolute Gasteiger partial charge is 0.518 e. The van der Waals surface area contributed by atoms with Crippen molar-refractivity contribution in [3.63, 3.8) is 0 Å². The number of halogens is 4. The lowest BCUT2D eigenvalue weighted by atomic mass is 10.8. The molecule has 0 radical (unpaired) electrons. The molecule has 0 rings (SSSR count). The van der Waals surface area contributed by atoms with Crippen molar-refractivity contribution in [2.24, 2.45) is 0 Å². The lowest BCUT2D eigenvalue weighted by Crippen LogP contribution is -2.19. The number of hydrogen-bond acceptors (Lipinski definition) is 4. The van der Waals surface area contributed by atoms with E-state index in [2.05, 4.69) is 21.1 Å². The van der Waals surface area contributed by atoms with Crippen LogP contribution in [-0.4, -0.2) is 22.0 Å². The van der Waals surface area contributed by atoms with Crippen LogP contribution < -0.4 is 0 Å². The molecule has 1 atom stereocenters. The van der Waals surface area contributed by atoms with Crippen LogP contribution >= 0.6 is 46.4 Å². The quantitative estimate of drug-likeness (QED) is 0.330. The number of ether oxygens (including phenoxy) is 2. The van der Waals surface area contributed by atoms with E-state index in [1.54, 1.807) is 0 Å². The van der Waals surface area contributed by atoms with Gasteiger partial charge in [-0.1, -0.05) is 34.8 Å². The van der Waals surface area contributed by atoms with E-state index in [0.717, 1.165) is 0 Å². The molecular weight excluding hydrogens is 254 g/mol. The van der Waals surface area contributed by atoms with Crippen LogP contribution in [0.15, 0.2) is 0 Å². The van der Waals surface area contributed by atoms with Crippen LogP contribution in [0.2, 0.25) is 0 Å². The lowest BCUT2D eigenvalue weighted by Gasteiger charge is -2.09. The van der Waals surface area contributed by atoms with Crippen LogP contribution in [0.25, 0.3) is 0 Å². The molecule has 0 amide bonds. The Labute approximate surface area is 87.6 Å². The minimum absolute atomic E-state index is 1.12. The molecule has 0 bridgehead atoms. The van der Waals surface area contributed by atoms with E-state index in [1.165, 1.54) is 0 Å². The summed E-state index contributed by atoms with van der Waals surface area (Å²) in [5, 5.41) is 0. The zero-order valence-corrected chi connectivity index (χ0v) is 8.32. The molecule has 0 spiro atoms. The van der Waals surface area contributed by atoms with E-state index in [4.69, 9.17) is 34.8 Å². The molecule has 0 aromatic heterocycles. The highest BCUT2D eigenvalue weighted by Crippen LogP contribution is 2.15. The molecule has 0 saturated carbocycles. The smallest absolute Gasteiger partial charge is 0.411 e. The molecule has 0 saturated heterocycles. The Balaban J connectivity index is 3.77. The van der Waals surface area contributed by atoms with Crippen LogP contribution in [0.1, 0.15) is 0 Å². The number of carbonyl (C=O) groups is 2. The summed E-state index contributed by atoms with van der Waals surface area (Å²) in [6, 6.07) is 0. The van der Waals surface area contributed by atoms with Gasteiger partial charge in [0.2, 0.25) is 5.56 Å². The average molecular weight is 256 g/mol. The Morgan fingerprint density at radius 1 is 1.17 bits per heavy atom. The van der Waals surface area contributed by atoms with Gasteiger partial charge in [-0.05, 0) is 0 Å². The molecule has 0 aliphatic carbocycles.